The number of rotatable bonds is 15. The molecule has 2 aromatic carbocycles. The van der Waals surface area contributed by atoms with Gasteiger partial charge < -0.3 is 15.2 Å². The lowest BCUT2D eigenvalue weighted by molar-refractivity contribution is -0.136. The third-order valence-electron chi connectivity index (χ3n) is 6.03. The Hall–Kier alpha value is -3.02. The van der Waals surface area contributed by atoms with Crippen molar-refractivity contribution in [2.24, 2.45) is 5.92 Å². The molecule has 192 valence electrons. The molecular weight excluding hydrogens is 440 g/mol. The molecule has 0 saturated carbocycles. The summed E-state index contributed by atoms with van der Waals surface area (Å²) in [6.45, 7) is 7.77. The van der Waals surface area contributed by atoms with Crippen molar-refractivity contribution in [3.63, 3.8) is 0 Å². The van der Waals surface area contributed by atoms with E-state index in [1.807, 2.05) is 42.5 Å². The van der Waals surface area contributed by atoms with E-state index in [4.69, 9.17) is 9.84 Å². The van der Waals surface area contributed by atoms with Crippen molar-refractivity contribution >= 4 is 17.7 Å². The summed E-state index contributed by atoms with van der Waals surface area (Å²) in [5.41, 5.74) is 3.61. The maximum Gasteiger partial charge on any atom is 0.321 e. The first-order valence-electron chi connectivity index (χ1n) is 12.9. The smallest absolute Gasteiger partial charge is 0.321 e. The van der Waals surface area contributed by atoms with Crippen molar-refractivity contribution in [3.05, 3.63) is 48.0 Å². The molecule has 2 N–H and O–H groups in total. The van der Waals surface area contributed by atoms with Crippen molar-refractivity contribution < 1.29 is 19.4 Å². The summed E-state index contributed by atoms with van der Waals surface area (Å²) >= 11 is 0. The van der Waals surface area contributed by atoms with Crippen molar-refractivity contribution in [3.8, 4) is 16.9 Å². The van der Waals surface area contributed by atoms with Crippen molar-refractivity contribution in [2.45, 2.75) is 72.1 Å². The van der Waals surface area contributed by atoms with Crippen LogP contribution in [0.25, 0.3) is 11.1 Å². The number of anilines is 1. The second kappa shape index (κ2) is 15.1. The Morgan fingerprint density at radius 1 is 1.06 bits per heavy atom. The Morgan fingerprint density at radius 2 is 1.83 bits per heavy atom. The quantitative estimate of drug-likeness (QED) is 0.270. The number of carbonyl (C=O) groups is 2. The highest BCUT2D eigenvalue weighted by Gasteiger charge is 2.14. The van der Waals surface area contributed by atoms with Gasteiger partial charge in [-0.3, -0.25) is 9.69 Å². The van der Waals surface area contributed by atoms with Gasteiger partial charge in [0.05, 0.1) is 6.61 Å². The Bertz CT molecular complexity index is 942. The number of nitrogens with zero attached hydrogens (tertiary/aromatic N) is 1. The van der Waals surface area contributed by atoms with Gasteiger partial charge in [0.2, 0.25) is 0 Å². The highest BCUT2D eigenvalue weighted by molar-refractivity contribution is 5.92. The second-order valence-corrected chi connectivity index (χ2v) is 9.51. The Labute approximate surface area is 210 Å². The van der Waals surface area contributed by atoms with E-state index < -0.39 is 5.97 Å². The van der Waals surface area contributed by atoms with Crippen molar-refractivity contribution in [1.82, 2.24) is 5.32 Å². The van der Waals surface area contributed by atoms with Crippen LogP contribution in [0.3, 0.4) is 0 Å². The molecule has 0 aliphatic carbocycles. The number of unbranched alkanes of at least 4 members (excludes halogenated alkanes) is 4. The monoisotopic (exact) mass is 482 g/mol. The summed E-state index contributed by atoms with van der Waals surface area (Å²) in [6.07, 6.45) is 7.25. The van der Waals surface area contributed by atoms with E-state index in [2.05, 4.69) is 26.1 Å². The minimum atomic E-state index is -0.814. The molecule has 0 fully saturated rings. The number of ether oxygens (including phenoxy) is 1. The van der Waals surface area contributed by atoms with Gasteiger partial charge in [0.15, 0.2) is 0 Å². The predicted octanol–water partition coefficient (Wildman–Crippen LogP) is 6.91. The second-order valence-electron chi connectivity index (χ2n) is 9.51. The van der Waals surface area contributed by atoms with Gasteiger partial charge in [-0.05, 0) is 54.5 Å². The summed E-state index contributed by atoms with van der Waals surface area (Å²) in [5.74, 6) is 0.451. The zero-order valence-corrected chi connectivity index (χ0v) is 21.8. The molecule has 0 aliphatic rings. The first kappa shape index (κ1) is 28.2. The maximum atomic E-state index is 12.7. The van der Waals surface area contributed by atoms with Crippen LogP contribution in [0.1, 0.15) is 71.3 Å². The fourth-order valence-corrected chi connectivity index (χ4v) is 3.78. The highest BCUT2D eigenvalue weighted by Crippen LogP contribution is 2.34. The number of amides is 2. The van der Waals surface area contributed by atoms with Gasteiger partial charge in [0.25, 0.3) is 0 Å². The van der Waals surface area contributed by atoms with Gasteiger partial charge in [0, 0.05) is 31.3 Å². The average molecular weight is 483 g/mol. The first-order chi connectivity index (χ1) is 16.8. The summed E-state index contributed by atoms with van der Waals surface area (Å²) in [7, 11) is 1.78. The van der Waals surface area contributed by atoms with E-state index >= 15 is 0 Å². The fourth-order valence-electron chi connectivity index (χ4n) is 3.78. The lowest BCUT2D eigenvalue weighted by atomic mass is 10.00. The van der Waals surface area contributed by atoms with Crippen LogP contribution in [-0.2, 0) is 11.2 Å². The third kappa shape index (κ3) is 10.0. The normalized spacial score (nSPS) is 10.9. The molecule has 0 heterocycles. The molecule has 6 heteroatoms. The largest absolute Gasteiger partial charge is 0.493 e. The summed E-state index contributed by atoms with van der Waals surface area (Å²) in [4.78, 5) is 25.3. The van der Waals surface area contributed by atoms with Crippen LogP contribution in [-0.4, -0.2) is 37.3 Å². The van der Waals surface area contributed by atoms with E-state index in [1.54, 1.807) is 11.9 Å². The van der Waals surface area contributed by atoms with Gasteiger partial charge in [-0.25, -0.2) is 4.79 Å². The zero-order chi connectivity index (χ0) is 25.6. The first-order valence-corrected chi connectivity index (χ1v) is 12.9. The van der Waals surface area contributed by atoms with Crippen molar-refractivity contribution in [2.75, 3.05) is 25.1 Å². The number of carboxylic acid groups (broad SMARTS) is 1. The highest BCUT2D eigenvalue weighted by atomic mass is 16.5. The molecule has 35 heavy (non-hydrogen) atoms. The van der Waals surface area contributed by atoms with Crippen LogP contribution in [0, 0.1) is 5.92 Å². The molecule has 0 bridgehead atoms. The molecule has 6 nitrogen and oxygen atoms in total. The molecule has 0 spiro atoms. The van der Waals surface area contributed by atoms with Gasteiger partial charge in [-0.1, -0.05) is 70.7 Å². The molecule has 0 aromatic heterocycles. The minimum absolute atomic E-state index is 0.0821. The third-order valence-corrected chi connectivity index (χ3v) is 6.03. The molecular formula is C29H42N2O4. The molecule has 0 unspecified atom stereocenters. The summed E-state index contributed by atoms with van der Waals surface area (Å²) in [6, 6.07) is 13.6. The number of nitrogens with one attached hydrogen (secondary N) is 1. The number of urea groups is 1. The number of carbonyl (C=O) groups excluding carboxylic acids is 1. The van der Waals surface area contributed by atoms with Gasteiger partial charge in [0.1, 0.15) is 5.75 Å². The lowest BCUT2D eigenvalue weighted by Gasteiger charge is -2.20. The Kier molecular flexibility index (Phi) is 12.2. The number of carboxylic acids is 1. The number of benzene rings is 2. The molecule has 2 amide bonds. The summed E-state index contributed by atoms with van der Waals surface area (Å²) < 4.78 is 6.15. The van der Waals surface area contributed by atoms with E-state index in [0.717, 1.165) is 47.4 Å². The Morgan fingerprint density at radius 3 is 2.54 bits per heavy atom. The van der Waals surface area contributed by atoms with Crippen LogP contribution in [0.15, 0.2) is 42.5 Å². The molecule has 2 aromatic rings. The van der Waals surface area contributed by atoms with Gasteiger partial charge in [-0.15, -0.1) is 0 Å². The molecule has 0 saturated heterocycles. The molecule has 0 aliphatic heterocycles. The fraction of sp³-hybridized carbons (Fsp3) is 0.517. The van der Waals surface area contributed by atoms with Crippen LogP contribution in [0.2, 0.25) is 0 Å². The van der Waals surface area contributed by atoms with Gasteiger partial charge in [-0.2, -0.15) is 0 Å². The standard InChI is InChI=1S/C29H42N2O4/c1-5-6-7-8-9-18-30-29(34)31(4)25-12-10-11-24(21-25)26-15-13-23(14-16-28(32)33)20-27(26)35-19-17-22(2)3/h10-13,15,20-22H,5-9,14,16-19H2,1-4H3,(H,30,34)(H,32,33). The van der Waals surface area contributed by atoms with Crippen LogP contribution >= 0.6 is 0 Å². The topological polar surface area (TPSA) is 78.9 Å². The predicted molar refractivity (Wildman–Crippen MR) is 143 cm³/mol. The maximum absolute atomic E-state index is 12.7. The van der Waals surface area contributed by atoms with Gasteiger partial charge >= 0.3 is 12.0 Å². The van der Waals surface area contributed by atoms with Crippen LogP contribution in [0.5, 0.6) is 5.75 Å². The number of hydrogen-bond donors (Lipinski definition) is 2. The van der Waals surface area contributed by atoms with E-state index in [0.29, 0.717) is 25.5 Å². The van der Waals surface area contributed by atoms with E-state index in [-0.39, 0.29) is 12.5 Å². The molecule has 0 atom stereocenters. The SMILES string of the molecule is CCCCCCCNC(=O)N(C)c1cccc(-c2ccc(CCC(=O)O)cc2OCCC(C)C)c1. The van der Waals surface area contributed by atoms with Crippen molar-refractivity contribution in [1.29, 1.82) is 0 Å². The zero-order valence-electron chi connectivity index (χ0n) is 21.8. The lowest BCUT2D eigenvalue weighted by Crippen LogP contribution is -2.37. The summed E-state index contributed by atoms with van der Waals surface area (Å²) in [5, 5.41) is 12.1. The Balaban J connectivity index is 2.15. The molecule has 2 rings (SSSR count). The minimum Gasteiger partial charge on any atom is -0.493 e. The van der Waals surface area contributed by atoms with Crippen LogP contribution in [0.4, 0.5) is 10.5 Å². The van der Waals surface area contributed by atoms with Crippen LogP contribution < -0.4 is 15.0 Å². The van der Waals surface area contributed by atoms with E-state index in [1.165, 1.54) is 19.3 Å². The number of aliphatic carboxylic acids is 1. The number of hydrogen-bond acceptors (Lipinski definition) is 3. The average Bonchev–Trinajstić information content (AvgIpc) is 2.84. The molecule has 0 radical (unpaired) electrons. The van der Waals surface area contributed by atoms with E-state index in [9.17, 15) is 9.59 Å². The number of aryl methyl sites for hydroxylation is 1.